The number of nitrogens with zero attached hydrogens (tertiary/aromatic N) is 1. The van der Waals surface area contributed by atoms with Gasteiger partial charge in [-0.3, -0.25) is 0 Å². The molecule has 18 heavy (non-hydrogen) atoms. The number of rotatable bonds is 7. The Hall–Kier alpha value is -1.30. The second-order valence-electron chi connectivity index (χ2n) is 3.82. The molecule has 0 saturated heterocycles. The van der Waals surface area contributed by atoms with Crippen LogP contribution in [0.4, 0.5) is 19.0 Å². The summed E-state index contributed by atoms with van der Waals surface area (Å²) in [5.41, 5.74) is -0.743. The van der Waals surface area contributed by atoms with E-state index < -0.39 is 11.7 Å². The zero-order chi connectivity index (χ0) is 13.4. The number of pyridine rings is 1. The predicted molar refractivity (Wildman–Crippen MR) is 63.5 cm³/mol. The minimum absolute atomic E-state index is 0.419. The summed E-state index contributed by atoms with van der Waals surface area (Å²) >= 11 is 0. The molecule has 0 aliphatic heterocycles. The van der Waals surface area contributed by atoms with Gasteiger partial charge in [0.05, 0.1) is 12.2 Å². The fourth-order valence-electron chi connectivity index (χ4n) is 1.27. The number of unbranched alkanes of at least 4 members (excludes halogenated alkanes) is 1. The molecule has 0 radical (unpaired) electrons. The summed E-state index contributed by atoms with van der Waals surface area (Å²) in [6.45, 7) is 3.83. The van der Waals surface area contributed by atoms with E-state index in [1.165, 1.54) is 6.07 Å². The molecule has 0 bridgehead atoms. The highest BCUT2D eigenvalue weighted by molar-refractivity contribution is 5.35. The van der Waals surface area contributed by atoms with Gasteiger partial charge >= 0.3 is 6.18 Å². The van der Waals surface area contributed by atoms with E-state index in [1.807, 2.05) is 0 Å². The molecule has 0 aromatic carbocycles. The highest BCUT2D eigenvalue weighted by Crippen LogP contribution is 2.28. The van der Waals surface area contributed by atoms with E-state index in [9.17, 15) is 13.2 Å². The Morgan fingerprint density at radius 2 is 2.06 bits per heavy atom. The molecule has 6 heteroatoms. The molecule has 1 heterocycles. The number of nitrogens with one attached hydrogen (secondary N) is 1. The first kappa shape index (κ1) is 14.8. The molecule has 1 rings (SSSR count). The maximum absolute atomic E-state index is 12.3. The van der Waals surface area contributed by atoms with Crippen molar-refractivity contribution >= 4 is 5.82 Å². The van der Waals surface area contributed by atoms with Crippen LogP contribution in [0.15, 0.2) is 18.3 Å². The molecule has 0 unspecified atom stereocenters. The number of hydrogen-bond acceptors (Lipinski definition) is 3. The molecule has 0 saturated carbocycles. The third-order valence-corrected chi connectivity index (χ3v) is 2.29. The number of anilines is 1. The molecule has 0 fully saturated rings. The first-order valence-corrected chi connectivity index (χ1v) is 5.89. The topological polar surface area (TPSA) is 34.1 Å². The lowest BCUT2D eigenvalue weighted by Crippen LogP contribution is -2.11. The van der Waals surface area contributed by atoms with Gasteiger partial charge in [0.15, 0.2) is 0 Å². The Balaban J connectivity index is 2.27. The lowest BCUT2D eigenvalue weighted by atomic mass is 10.3. The van der Waals surface area contributed by atoms with Crippen molar-refractivity contribution in [2.24, 2.45) is 0 Å². The number of aromatic nitrogens is 1. The summed E-state index contributed by atoms with van der Waals surface area (Å²) in [4.78, 5) is 3.69. The van der Waals surface area contributed by atoms with Crippen molar-refractivity contribution in [3.8, 4) is 0 Å². The van der Waals surface area contributed by atoms with Gasteiger partial charge in [0.25, 0.3) is 0 Å². The maximum atomic E-state index is 12.3. The van der Waals surface area contributed by atoms with Gasteiger partial charge in [0.2, 0.25) is 0 Å². The van der Waals surface area contributed by atoms with Crippen LogP contribution < -0.4 is 5.32 Å². The van der Waals surface area contributed by atoms with Crippen LogP contribution >= 0.6 is 0 Å². The van der Waals surface area contributed by atoms with Crippen LogP contribution in [-0.4, -0.2) is 24.7 Å². The van der Waals surface area contributed by atoms with E-state index in [2.05, 4.69) is 17.2 Å². The Morgan fingerprint density at radius 3 is 2.61 bits per heavy atom. The molecule has 102 valence electrons. The molecule has 1 N–H and O–H groups in total. The summed E-state index contributed by atoms with van der Waals surface area (Å²) in [6.07, 6.45) is -1.43. The Labute approximate surface area is 104 Å². The molecular formula is C12H17F3N2O. The quantitative estimate of drug-likeness (QED) is 0.765. The number of alkyl halides is 3. The number of hydrogen-bond donors (Lipinski definition) is 1. The van der Waals surface area contributed by atoms with E-state index in [0.717, 1.165) is 25.1 Å². The average Bonchev–Trinajstić information content (AvgIpc) is 2.33. The monoisotopic (exact) mass is 262 g/mol. The van der Waals surface area contributed by atoms with Crippen molar-refractivity contribution in [3.63, 3.8) is 0 Å². The normalized spacial score (nSPS) is 11.6. The second kappa shape index (κ2) is 7.20. The second-order valence-corrected chi connectivity index (χ2v) is 3.82. The van der Waals surface area contributed by atoms with Crippen LogP contribution in [0.3, 0.4) is 0 Å². The maximum Gasteiger partial charge on any atom is 0.417 e. The summed E-state index contributed by atoms with van der Waals surface area (Å²) in [6, 6.07) is 2.32. The highest BCUT2D eigenvalue weighted by Gasteiger charge is 2.30. The van der Waals surface area contributed by atoms with Gasteiger partial charge in [-0.05, 0) is 18.6 Å². The van der Waals surface area contributed by atoms with Gasteiger partial charge in [-0.15, -0.1) is 0 Å². The highest BCUT2D eigenvalue weighted by atomic mass is 19.4. The SMILES string of the molecule is CCCCOCCNc1ccc(C(F)(F)F)cn1. The van der Waals surface area contributed by atoms with Crippen molar-refractivity contribution in [1.82, 2.24) is 4.98 Å². The van der Waals surface area contributed by atoms with Gasteiger partial charge in [-0.25, -0.2) is 4.98 Å². The summed E-state index contributed by atoms with van der Waals surface area (Å²) in [5.74, 6) is 0.419. The van der Waals surface area contributed by atoms with E-state index in [1.54, 1.807) is 0 Å². The van der Waals surface area contributed by atoms with Gasteiger partial charge in [0.1, 0.15) is 5.82 Å². The molecule has 1 aromatic rings. The smallest absolute Gasteiger partial charge is 0.380 e. The standard InChI is InChI=1S/C12H17F3N2O/c1-2-3-7-18-8-6-16-11-5-4-10(9-17-11)12(13,14)15/h4-5,9H,2-3,6-8H2,1H3,(H,16,17). The van der Waals surface area contributed by atoms with Crippen molar-refractivity contribution in [2.75, 3.05) is 25.1 Å². The third-order valence-electron chi connectivity index (χ3n) is 2.29. The van der Waals surface area contributed by atoms with Crippen molar-refractivity contribution < 1.29 is 17.9 Å². The van der Waals surface area contributed by atoms with Crippen LogP contribution in [0.2, 0.25) is 0 Å². The van der Waals surface area contributed by atoms with Crippen LogP contribution in [0.25, 0.3) is 0 Å². The molecule has 0 amide bonds. The largest absolute Gasteiger partial charge is 0.417 e. The third kappa shape index (κ3) is 5.35. The average molecular weight is 262 g/mol. The van der Waals surface area contributed by atoms with E-state index in [0.29, 0.717) is 25.6 Å². The number of ether oxygens (including phenoxy) is 1. The van der Waals surface area contributed by atoms with Gasteiger partial charge in [-0.2, -0.15) is 13.2 Å². The predicted octanol–water partition coefficient (Wildman–Crippen LogP) is 3.33. The van der Waals surface area contributed by atoms with Crippen LogP contribution in [0.1, 0.15) is 25.3 Å². The Bertz CT molecular complexity index is 338. The zero-order valence-electron chi connectivity index (χ0n) is 10.3. The molecule has 0 aliphatic rings. The van der Waals surface area contributed by atoms with Gasteiger partial charge in [-0.1, -0.05) is 13.3 Å². The van der Waals surface area contributed by atoms with Crippen LogP contribution in [-0.2, 0) is 10.9 Å². The Kier molecular flexibility index (Phi) is 5.91. The molecule has 0 atom stereocenters. The molecule has 0 aliphatic carbocycles. The van der Waals surface area contributed by atoms with Gasteiger partial charge < -0.3 is 10.1 Å². The Morgan fingerprint density at radius 1 is 1.28 bits per heavy atom. The summed E-state index contributed by atoms with van der Waals surface area (Å²) in [5, 5.41) is 2.90. The lowest BCUT2D eigenvalue weighted by Gasteiger charge is -2.08. The van der Waals surface area contributed by atoms with Crippen LogP contribution in [0.5, 0.6) is 0 Å². The lowest BCUT2D eigenvalue weighted by molar-refractivity contribution is -0.137. The number of halogens is 3. The van der Waals surface area contributed by atoms with E-state index >= 15 is 0 Å². The first-order valence-electron chi connectivity index (χ1n) is 5.89. The summed E-state index contributed by atoms with van der Waals surface area (Å²) < 4.78 is 42.1. The fourth-order valence-corrected chi connectivity index (χ4v) is 1.27. The molecule has 1 aromatic heterocycles. The van der Waals surface area contributed by atoms with E-state index in [-0.39, 0.29) is 0 Å². The van der Waals surface area contributed by atoms with Crippen molar-refractivity contribution in [2.45, 2.75) is 25.9 Å². The zero-order valence-corrected chi connectivity index (χ0v) is 10.3. The fraction of sp³-hybridized carbons (Fsp3) is 0.583. The molecule has 3 nitrogen and oxygen atoms in total. The molecule has 0 spiro atoms. The van der Waals surface area contributed by atoms with Gasteiger partial charge in [0, 0.05) is 19.3 Å². The summed E-state index contributed by atoms with van der Waals surface area (Å²) in [7, 11) is 0. The minimum atomic E-state index is -4.34. The first-order chi connectivity index (χ1) is 8.54. The van der Waals surface area contributed by atoms with Crippen LogP contribution in [0, 0.1) is 0 Å². The minimum Gasteiger partial charge on any atom is -0.380 e. The van der Waals surface area contributed by atoms with Crippen molar-refractivity contribution in [3.05, 3.63) is 23.9 Å². The van der Waals surface area contributed by atoms with Crippen molar-refractivity contribution in [1.29, 1.82) is 0 Å². The molecular weight excluding hydrogens is 245 g/mol. The van der Waals surface area contributed by atoms with E-state index in [4.69, 9.17) is 4.74 Å².